The van der Waals surface area contributed by atoms with Crippen LogP contribution in [0.4, 0.5) is 5.69 Å². The standard InChI is InChI=1S/C16H25N3O/c1-2-3-13-4-6-15(7-5-13)18-16(20)12-19-9-8-14(10-17)11-19/h4-7,14H,2-3,8-12,17H2,1H3,(H,18,20). The molecule has 0 radical (unpaired) electrons. The molecule has 0 saturated carbocycles. The van der Waals surface area contributed by atoms with Crippen LogP contribution in [0.3, 0.4) is 0 Å². The molecule has 1 aliphatic rings. The first-order valence-electron chi connectivity index (χ1n) is 7.52. The van der Waals surface area contributed by atoms with Crippen LogP contribution in [0.1, 0.15) is 25.3 Å². The van der Waals surface area contributed by atoms with Gasteiger partial charge in [-0.1, -0.05) is 25.5 Å². The summed E-state index contributed by atoms with van der Waals surface area (Å²) >= 11 is 0. The van der Waals surface area contributed by atoms with E-state index >= 15 is 0 Å². The quantitative estimate of drug-likeness (QED) is 0.833. The molecule has 0 aliphatic carbocycles. The van der Waals surface area contributed by atoms with Gasteiger partial charge in [0.15, 0.2) is 0 Å². The molecule has 110 valence electrons. The van der Waals surface area contributed by atoms with Crippen LogP contribution < -0.4 is 11.1 Å². The Morgan fingerprint density at radius 1 is 1.40 bits per heavy atom. The summed E-state index contributed by atoms with van der Waals surface area (Å²) in [6.07, 6.45) is 3.33. The second-order valence-electron chi connectivity index (χ2n) is 5.62. The highest BCUT2D eigenvalue weighted by molar-refractivity contribution is 5.92. The van der Waals surface area contributed by atoms with Crippen molar-refractivity contribution in [3.8, 4) is 0 Å². The van der Waals surface area contributed by atoms with Crippen LogP contribution in [0, 0.1) is 5.92 Å². The van der Waals surface area contributed by atoms with E-state index in [2.05, 4.69) is 29.3 Å². The molecule has 2 rings (SSSR count). The van der Waals surface area contributed by atoms with Crippen LogP contribution in [0.25, 0.3) is 0 Å². The van der Waals surface area contributed by atoms with Crippen molar-refractivity contribution in [2.45, 2.75) is 26.2 Å². The fourth-order valence-electron chi connectivity index (χ4n) is 2.70. The number of aryl methyl sites for hydroxylation is 1. The van der Waals surface area contributed by atoms with Crippen molar-refractivity contribution in [1.82, 2.24) is 4.90 Å². The lowest BCUT2D eigenvalue weighted by atomic mass is 10.1. The van der Waals surface area contributed by atoms with Gasteiger partial charge in [0.1, 0.15) is 0 Å². The number of benzene rings is 1. The summed E-state index contributed by atoms with van der Waals surface area (Å²) in [5.74, 6) is 0.613. The highest BCUT2D eigenvalue weighted by Crippen LogP contribution is 2.15. The average Bonchev–Trinajstić information content (AvgIpc) is 2.89. The Balaban J connectivity index is 1.79. The van der Waals surface area contributed by atoms with Crippen LogP contribution in [-0.2, 0) is 11.2 Å². The van der Waals surface area contributed by atoms with Gasteiger partial charge < -0.3 is 11.1 Å². The molecule has 1 saturated heterocycles. The zero-order valence-electron chi connectivity index (χ0n) is 12.3. The first-order chi connectivity index (χ1) is 9.71. The predicted octanol–water partition coefficient (Wildman–Crippen LogP) is 1.86. The predicted molar refractivity (Wildman–Crippen MR) is 82.7 cm³/mol. The number of nitrogens with two attached hydrogens (primary N) is 1. The number of carbonyl (C=O) groups excluding carboxylic acids is 1. The molecule has 1 heterocycles. The van der Waals surface area contributed by atoms with E-state index in [-0.39, 0.29) is 5.91 Å². The average molecular weight is 275 g/mol. The Labute approximate surface area is 121 Å². The maximum Gasteiger partial charge on any atom is 0.238 e. The van der Waals surface area contributed by atoms with Gasteiger partial charge in [0.25, 0.3) is 0 Å². The number of anilines is 1. The molecule has 20 heavy (non-hydrogen) atoms. The van der Waals surface area contributed by atoms with E-state index in [1.54, 1.807) is 0 Å². The molecule has 1 atom stereocenters. The van der Waals surface area contributed by atoms with Crippen molar-refractivity contribution in [2.24, 2.45) is 11.7 Å². The van der Waals surface area contributed by atoms with Crippen molar-refractivity contribution >= 4 is 11.6 Å². The van der Waals surface area contributed by atoms with E-state index in [4.69, 9.17) is 5.73 Å². The molecule has 4 heteroatoms. The molecule has 0 spiro atoms. The highest BCUT2D eigenvalue weighted by atomic mass is 16.2. The molecule has 1 aliphatic heterocycles. The van der Waals surface area contributed by atoms with Crippen LogP contribution in [0.5, 0.6) is 0 Å². The number of hydrogen-bond acceptors (Lipinski definition) is 3. The Kier molecular flexibility index (Phi) is 5.56. The number of hydrogen-bond donors (Lipinski definition) is 2. The van der Waals surface area contributed by atoms with Crippen LogP contribution in [-0.4, -0.2) is 37.0 Å². The molecule has 0 bridgehead atoms. The van der Waals surface area contributed by atoms with E-state index in [0.29, 0.717) is 12.5 Å². The summed E-state index contributed by atoms with van der Waals surface area (Å²) in [6.45, 7) is 5.27. The van der Waals surface area contributed by atoms with Crippen molar-refractivity contribution in [2.75, 3.05) is 31.5 Å². The van der Waals surface area contributed by atoms with Crippen LogP contribution >= 0.6 is 0 Å². The molecule has 1 fully saturated rings. The summed E-state index contributed by atoms with van der Waals surface area (Å²) in [5.41, 5.74) is 7.86. The first-order valence-corrected chi connectivity index (χ1v) is 7.52. The number of nitrogens with one attached hydrogen (secondary N) is 1. The second-order valence-corrected chi connectivity index (χ2v) is 5.62. The Hall–Kier alpha value is -1.39. The normalized spacial score (nSPS) is 19.2. The largest absolute Gasteiger partial charge is 0.330 e. The Morgan fingerprint density at radius 2 is 2.15 bits per heavy atom. The SMILES string of the molecule is CCCc1ccc(NC(=O)CN2CCC(CN)C2)cc1. The second kappa shape index (κ2) is 7.41. The maximum absolute atomic E-state index is 12.0. The summed E-state index contributed by atoms with van der Waals surface area (Å²) in [6, 6.07) is 8.13. The molecular formula is C16H25N3O. The highest BCUT2D eigenvalue weighted by Gasteiger charge is 2.22. The number of likely N-dealkylation sites (tertiary alicyclic amines) is 1. The molecule has 3 N–H and O–H groups in total. The van der Waals surface area contributed by atoms with Crippen LogP contribution in [0.15, 0.2) is 24.3 Å². The summed E-state index contributed by atoms with van der Waals surface area (Å²) in [5, 5.41) is 2.96. The van der Waals surface area contributed by atoms with Gasteiger partial charge in [-0.2, -0.15) is 0 Å². The molecule has 1 unspecified atom stereocenters. The topological polar surface area (TPSA) is 58.4 Å². The van der Waals surface area contributed by atoms with Crippen molar-refractivity contribution in [3.05, 3.63) is 29.8 Å². The number of amides is 1. The lowest BCUT2D eigenvalue weighted by Gasteiger charge is -2.15. The molecule has 0 aromatic heterocycles. The van der Waals surface area contributed by atoms with E-state index < -0.39 is 0 Å². The monoisotopic (exact) mass is 275 g/mol. The maximum atomic E-state index is 12.0. The third-order valence-electron chi connectivity index (χ3n) is 3.85. The lowest BCUT2D eigenvalue weighted by Crippen LogP contribution is -2.32. The van der Waals surface area contributed by atoms with Crippen molar-refractivity contribution in [3.63, 3.8) is 0 Å². The van der Waals surface area contributed by atoms with E-state index in [0.717, 1.165) is 44.6 Å². The van der Waals surface area contributed by atoms with E-state index in [1.165, 1.54) is 5.56 Å². The van der Waals surface area contributed by atoms with Gasteiger partial charge in [-0.15, -0.1) is 0 Å². The Bertz CT molecular complexity index is 430. The Morgan fingerprint density at radius 3 is 2.75 bits per heavy atom. The van der Waals surface area contributed by atoms with Gasteiger partial charge in [-0.3, -0.25) is 9.69 Å². The van der Waals surface area contributed by atoms with Gasteiger partial charge in [0.2, 0.25) is 5.91 Å². The lowest BCUT2D eigenvalue weighted by molar-refractivity contribution is -0.117. The van der Waals surface area contributed by atoms with Gasteiger partial charge in [-0.05, 0) is 49.5 Å². The zero-order chi connectivity index (χ0) is 14.4. The van der Waals surface area contributed by atoms with Gasteiger partial charge >= 0.3 is 0 Å². The minimum Gasteiger partial charge on any atom is -0.330 e. The third-order valence-corrected chi connectivity index (χ3v) is 3.85. The van der Waals surface area contributed by atoms with Crippen molar-refractivity contribution < 1.29 is 4.79 Å². The minimum absolute atomic E-state index is 0.0610. The van der Waals surface area contributed by atoms with E-state index in [1.807, 2.05) is 12.1 Å². The van der Waals surface area contributed by atoms with Crippen LogP contribution in [0.2, 0.25) is 0 Å². The van der Waals surface area contributed by atoms with Gasteiger partial charge in [-0.25, -0.2) is 0 Å². The van der Waals surface area contributed by atoms with Gasteiger partial charge in [0, 0.05) is 12.2 Å². The summed E-state index contributed by atoms with van der Waals surface area (Å²) in [7, 11) is 0. The summed E-state index contributed by atoms with van der Waals surface area (Å²) in [4.78, 5) is 14.2. The fourth-order valence-corrected chi connectivity index (χ4v) is 2.70. The minimum atomic E-state index is 0.0610. The third kappa shape index (κ3) is 4.32. The number of rotatable bonds is 6. The van der Waals surface area contributed by atoms with Crippen molar-refractivity contribution in [1.29, 1.82) is 0 Å². The number of carbonyl (C=O) groups is 1. The van der Waals surface area contributed by atoms with E-state index in [9.17, 15) is 4.79 Å². The molecular weight excluding hydrogens is 250 g/mol. The van der Waals surface area contributed by atoms with Gasteiger partial charge in [0.05, 0.1) is 6.54 Å². The summed E-state index contributed by atoms with van der Waals surface area (Å²) < 4.78 is 0. The number of nitrogens with zero attached hydrogens (tertiary/aromatic N) is 1. The molecule has 1 aromatic carbocycles. The first kappa shape index (κ1) is 15.0. The smallest absolute Gasteiger partial charge is 0.238 e. The fraction of sp³-hybridized carbons (Fsp3) is 0.562. The zero-order valence-corrected chi connectivity index (χ0v) is 12.3. The molecule has 4 nitrogen and oxygen atoms in total. The molecule has 1 aromatic rings. The molecule has 1 amide bonds.